The average Bonchev–Trinajstić information content (AvgIpc) is 2.16. The largest absolute Gasteiger partial charge is 0.389 e. The van der Waals surface area contributed by atoms with Crippen LogP contribution in [0.3, 0.4) is 0 Å². The van der Waals surface area contributed by atoms with Crippen molar-refractivity contribution in [2.45, 2.75) is 38.8 Å². The summed E-state index contributed by atoms with van der Waals surface area (Å²) in [4.78, 5) is 11.1. The molecule has 0 saturated carbocycles. The molecule has 6 heteroatoms. The maximum Gasteiger partial charge on any atom is 0.389 e. The Morgan fingerprint density at radius 3 is 2.44 bits per heavy atom. The topological polar surface area (TPSA) is 41.1 Å². The highest BCUT2D eigenvalue weighted by Gasteiger charge is 2.25. The number of amides is 1. The van der Waals surface area contributed by atoms with Gasteiger partial charge in [0.1, 0.15) is 0 Å². The van der Waals surface area contributed by atoms with Gasteiger partial charge in [-0.3, -0.25) is 4.79 Å². The number of rotatable bonds is 8. The molecule has 0 heterocycles. The lowest BCUT2D eigenvalue weighted by atomic mass is 10.3. The fourth-order valence-corrected chi connectivity index (χ4v) is 1.08. The molecule has 0 atom stereocenters. The second-order valence-corrected chi connectivity index (χ2v) is 3.60. The summed E-state index contributed by atoms with van der Waals surface area (Å²) < 4.78 is 35.2. The summed E-state index contributed by atoms with van der Waals surface area (Å²) in [6, 6.07) is 0. The van der Waals surface area contributed by atoms with Crippen molar-refractivity contribution in [2.75, 3.05) is 19.6 Å². The van der Waals surface area contributed by atoms with Crippen molar-refractivity contribution >= 4 is 5.91 Å². The monoisotopic (exact) mass is 240 g/mol. The summed E-state index contributed by atoms with van der Waals surface area (Å²) in [6.45, 7) is 2.93. The highest BCUT2D eigenvalue weighted by Crippen LogP contribution is 2.20. The zero-order valence-electron chi connectivity index (χ0n) is 9.49. The molecule has 16 heavy (non-hydrogen) atoms. The Morgan fingerprint density at radius 2 is 1.88 bits per heavy atom. The van der Waals surface area contributed by atoms with Crippen molar-refractivity contribution in [1.29, 1.82) is 0 Å². The number of alkyl halides is 3. The van der Waals surface area contributed by atoms with Crippen LogP contribution < -0.4 is 10.6 Å². The van der Waals surface area contributed by atoms with Crippen LogP contribution in [0, 0.1) is 0 Å². The molecular weight excluding hydrogens is 221 g/mol. The first-order valence-electron chi connectivity index (χ1n) is 5.50. The number of carbonyl (C=O) groups excluding carboxylic acids is 1. The van der Waals surface area contributed by atoms with E-state index in [2.05, 4.69) is 10.6 Å². The van der Waals surface area contributed by atoms with Gasteiger partial charge in [0, 0.05) is 13.0 Å². The molecule has 96 valence electrons. The number of hydrogen-bond donors (Lipinski definition) is 2. The maximum absolute atomic E-state index is 11.7. The summed E-state index contributed by atoms with van der Waals surface area (Å²) in [7, 11) is 0. The van der Waals surface area contributed by atoms with Gasteiger partial charge >= 0.3 is 6.18 Å². The molecule has 0 saturated heterocycles. The van der Waals surface area contributed by atoms with E-state index in [1.54, 1.807) is 0 Å². The first-order chi connectivity index (χ1) is 7.45. The van der Waals surface area contributed by atoms with E-state index < -0.39 is 12.6 Å². The van der Waals surface area contributed by atoms with Crippen LogP contribution >= 0.6 is 0 Å². The Kier molecular flexibility index (Phi) is 7.97. The summed E-state index contributed by atoms with van der Waals surface area (Å²) in [5.74, 6) is -0.166. The van der Waals surface area contributed by atoms with Crippen molar-refractivity contribution in [3.8, 4) is 0 Å². The summed E-state index contributed by atoms with van der Waals surface area (Å²) in [6.07, 6.45) is -2.99. The van der Waals surface area contributed by atoms with Gasteiger partial charge in [0.2, 0.25) is 5.91 Å². The van der Waals surface area contributed by atoms with E-state index in [1.165, 1.54) is 0 Å². The molecule has 0 aromatic rings. The van der Waals surface area contributed by atoms with E-state index in [1.807, 2.05) is 6.92 Å². The SMILES string of the molecule is CCCCNC(=O)CNCCCC(F)(F)F. The Hall–Kier alpha value is -0.780. The summed E-state index contributed by atoms with van der Waals surface area (Å²) >= 11 is 0. The number of nitrogens with one attached hydrogen (secondary N) is 2. The van der Waals surface area contributed by atoms with Crippen LogP contribution in [0.15, 0.2) is 0 Å². The predicted octanol–water partition coefficient (Wildman–Crippen LogP) is 1.83. The zero-order valence-corrected chi connectivity index (χ0v) is 9.49. The van der Waals surface area contributed by atoms with E-state index in [0.717, 1.165) is 12.8 Å². The molecule has 0 aliphatic carbocycles. The van der Waals surface area contributed by atoms with Crippen molar-refractivity contribution in [3.05, 3.63) is 0 Å². The number of carbonyl (C=O) groups is 1. The standard InChI is InChI=1S/C10H19F3N2O/c1-2-3-7-15-9(16)8-14-6-4-5-10(11,12)13/h14H,2-8H2,1H3,(H,15,16). The minimum Gasteiger partial charge on any atom is -0.355 e. The molecule has 0 aliphatic rings. The Bertz CT molecular complexity index is 195. The first-order valence-corrected chi connectivity index (χ1v) is 5.50. The highest BCUT2D eigenvalue weighted by atomic mass is 19.4. The normalized spacial score (nSPS) is 11.5. The third-order valence-corrected chi connectivity index (χ3v) is 1.95. The van der Waals surface area contributed by atoms with Crippen molar-refractivity contribution < 1.29 is 18.0 Å². The third-order valence-electron chi connectivity index (χ3n) is 1.95. The lowest BCUT2D eigenvalue weighted by molar-refractivity contribution is -0.135. The van der Waals surface area contributed by atoms with Gasteiger partial charge in [-0.15, -0.1) is 0 Å². The van der Waals surface area contributed by atoms with Gasteiger partial charge in [0.25, 0.3) is 0 Å². The first kappa shape index (κ1) is 15.2. The molecule has 0 rings (SSSR count). The van der Waals surface area contributed by atoms with Crippen LogP contribution in [-0.2, 0) is 4.79 Å². The van der Waals surface area contributed by atoms with Gasteiger partial charge < -0.3 is 10.6 Å². The molecule has 3 nitrogen and oxygen atoms in total. The molecule has 0 unspecified atom stereocenters. The van der Waals surface area contributed by atoms with Crippen LogP contribution in [0.1, 0.15) is 32.6 Å². The minimum atomic E-state index is -4.11. The molecule has 0 bridgehead atoms. The van der Waals surface area contributed by atoms with E-state index in [9.17, 15) is 18.0 Å². The van der Waals surface area contributed by atoms with Crippen molar-refractivity contribution in [2.24, 2.45) is 0 Å². The molecule has 0 radical (unpaired) electrons. The number of unbranched alkanes of at least 4 members (excludes halogenated alkanes) is 1. The Morgan fingerprint density at radius 1 is 1.19 bits per heavy atom. The van der Waals surface area contributed by atoms with Gasteiger partial charge in [-0.05, 0) is 19.4 Å². The number of halogens is 3. The molecule has 0 spiro atoms. The molecule has 0 aromatic heterocycles. The highest BCUT2D eigenvalue weighted by molar-refractivity contribution is 5.77. The predicted molar refractivity (Wildman–Crippen MR) is 56.1 cm³/mol. The fraction of sp³-hybridized carbons (Fsp3) is 0.900. The van der Waals surface area contributed by atoms with Gasteiger partial charge in [-0.1, -0.05) is 13.3 Å². The van der Waals surface area contributed by atoms with Gasteiger partial charge in [-0.2, -0.15) is 13.2 Å². The maximum atomic E-state index is 11.7. The van der Waals surface area contributed by atoms with Crippen molar-refractivity contribution in [1.82, 2.24) is 10.6 Å². The van der Waals surface area contributed by atoms with E-state index in [0.29, 0.717) is 6.54 Å². The third kappa shape index (κ3) is 11.3. The Labute approximate surface area is 93.8 Å². The lowest BCUT2D eigenvalue weighted by Gasteiger charge is -2.07. The Balaban J connectivity index is 3.28. The fourth-order valence-electron chi connectivity index (χ4n) is 1.08. The second kappa shape index (κ2) is 8.38. The zero-order chi connectivity index (χ0) is 12.4. The van der Waals surface area contributed by atoms with Crippen LogP contribution in [-0.4, -0.2) is 31.7 Å². The van der Waals surface area contributed by atoms with Crippen molar-refractivity contribution in [3.63, 3.8) is 0 Å². The molecule has 2 N–H and O–H groups in total. The van der Waals surface area contributed by atoms with Gasteiger partial charge in [-0.25, -0.2) is 0 Å². The number of hydrogen-bond acceptors (Lipinski definition) is 2. The molecule has 1 amide bonds. The molecule has 0 aliphatic heterocycles. The van der Waals surface area contributed by atoms with Crippen LogP contribution in [0.25, 0.3) is 0 Å². The second-order valence-electron chi connectivity index (χ2n) is 3.60. The van der Waals surface area contributed by atoms with E-state index in [-0.39, 0.29) is 25.4 Å². The summed E-state index contributed by atoms with van der Waals surface area (Å²) in [5, 5.41) is 5.34. The van der Waals surface area contributed by atoms with Crippen LogP contribution in [0.4, 0.5) is 13.2 Å². The molecule has 0 aromatic carbocycles. The average molecular weight is 240 g/mol. The quantitative estimate of drug-likeness (QED) is 0.635. The molecule has 0 fully saturated rings. The summed E-state index contributed by atoms with van der Waals surface area (Å²) in [5.41, 5.74) is 0. The lowest BCUT2D eigenvalue weighted by Crippen LogP contribution is -2.34. The van der Waals surface area contributed by atoms with Crippen LogP contribution in [0.5, 0.6) is 0 Å². The van der Waals surface area contributed by atoms with Gasteiger partial charge in [0.05, 0.1) is 6.54 Å². The van der Waals surface area contributed by atoms with Gasteiger partial charge in [0.15, 0.2) is 0 Å². The minimum absolute atomic E-state index is 0.00569. The molecular formula is C10H19F3N2O. The smallest absolute Gasteiger partial charge is 0.355 e. The van der Waals surface area contributed by atoms with E-state index in [4.69, 9.17) is 0 Å². The van der Waals surface area contributed by atoms with E-state index >= 15 is 0 Å². The van der Waals surface area contributed by atoms with Crippen LogP contribution in [0.2, 0.25) is 0 Å².